The Morgan fingerprint density at radius 3 is 2.57 bits per heavy atom. The van der Waals surface area contributed by atoms with E-state index in [0.717, 1.165) is 29.1 Å². The first-order valence-electron chi connectivity index (χ1n) is 8.80. The number of hydrogen-bond acceptors (Lipinski definition) is 4. The molecule has 0 unspecified atom stereocenters. The summed E-state index contributed by atoms with van der Waals surface area (Å²) in [6, 6.07) is 12.6. The van der Waals surface area contributed by atoms with Crippen molar-refractivity contribution in [3.63, 3.8) is 0 Å². The zero-order chi connectivity index (χ0) is 21.7. The van der Waals surface area contributed by atoms with E-state index in [9.17, 15) is 17.6 Å². The van der Waals surface area contributed by atoms with Gasteiger partial charge in [0.15, 0.2) is 0 Å². The Morgan fingerprint density at radius 1 is 1.20 bits per heavy atom. The van der Waals surface area contributed by atoms with Crippen LogP contribution in [0.4, 0.5) is 10.1 Å². The molecule has 0 aliphatic heterocycles. The van der Waals surface area contributed by atoms with Crippen molar-refractivity contribution in [2.24, 2.45) is 0 Å². The third-order valence-corrected chi connectivity index (χ3v) is 6.72. The van der Waals surface area contributed by atoms with Crippen molar-refractivity contribution in [3.05, 3.63) is 93.9 Å². The number of halogens is 2. The molecule has 0 saturated carbocycles. The van der Waals surface area contributed by atoms with Gasteiger partial charge < -0.3 is 4.90 Å². The summed E-state index contributed by atoms with van der Waals surface area (Å²) >= 11 is 7.68. The van der Waals surface area contributed by atoms with Gasteiger partial charge in [-0.3, -0.25) is 9.52 Å². The van der Waals surface area contributed by atoms with Crippen LogP contribution in [0.3, 0.4) is 0 Å². The van der Waals surface area contributed by atoms with Crippen LogP contribution in [-0.2, 0) is 16.6 Å². The number of sulfonamides is 1. The van der Waals surface area contributed by atoms with E-state index < -0.39 is 15.8 Å². The second-order valence-electron chi connectivity index (χ2n) is 6.31. The van der Waals surface area contributed by atoms with Crippen LogP contribution in [0.25, 0.3) is 0 Å². The molecule has 0 saturated heterocycles. The van der Waals surface area contributed by atoms with Gasteiger partial charge in [-0.1, -0.05) is 23.7 Å². The lowest BCUT2D eigenvalue weighted by Crippen LogP contribution is -2.30. The second-order valence-corrected chi connectivity index (χ2v) is 9.43. The molecule has 9 heteroatoms. The predicted molar refractivity (Wildman–Crippen MR) is 118 cm³/mol. The molecule has 1 amide bonds. The molecule has 1 N–H and O–H groups in total. The minimum atomic E-state index is -4.01. The number of carbonyl (C=O) groups excluding carboxylic acids is 1. The van der Waals surface area contributed by atoms with Crippen LogP contribution in [0.1, 0.15) is 15.2 Å². The maximum Gasteiger partial charge on any atom is 0.261 e. The van der Waals surface area contributed by atoms with Crippen LogP contribution in [0.5, 0.6) is 0 Å². The molecule has 1 heterocycles. The smallest absolute Gasteiger partial charge is 0.261 e. The highest BCUT2D eigenvalue weighted by atomic mass is 35.5. The summed E-state index contributed by atoms with van der Waals surface area (Å²) in [6.07, 6.45) is 1.62. The SMILES string of the molecule is C=CCN(Cc1cccs1)C(=O)c1ccc(Cl)c(NS(=O)(=O)c2ccc(F)cc2)c1. The maximum atomic E-state index is 13.1. The Morgan fingerprint density at radius 2 is 1.93 bits per heavy atom. The van der Waals surface area contributed by atoms with E-state index in [4.69, 9.17) is 11.6 Å². The van der Waals surface area contributed by atoms with E-state index in [1.54, 1.807) is 11.0 Å². The largest absolute Gasteiger partial charge is 0.330 e. The monoisotopic (exact) mass is 464 g/mol. The zero-order valence-electron chi connectivity index (χ0n) is 15.7. The van der Waals surface area contributed by atoms with Gasteiger partial charge in [-0.05, 0) is 53.9 Å². The fourth-order valence-electron chi connectivity index (χ4n) is 2.70. The predicted octanol–water partition coefficient (Wildman–Crippen LogP) is 5.17. The highest BCUT2D eigenvalue weighted by Crippen LogP contribution is 2.27. The summed E-state index contributed by atoms with van der Waals surface area (Å²) in [4.78, 5) is 15.5. The molecule has 5 nitrogen and oxygen atoms in total. The van der Waals surface area contributed by atoms with Gasteiger partial charge in [0.25, 0.3) is 15.9 Å². The lowest BCUT2D eigenvalue weighted by atomic mass is 10.1. The van der Waals surface area contributed by atoms with E-state index in [2.05, 4.69) is 11.3 Å². The van der Waals surface area contributed by atoms with E-state index >= 15 is 0 Å². The van der Waals surface area contributed by atoms with Gasteiger partial charge in [0.2, 0.25) is 0 Å². The van der Waals surface area contributed by atoms with E-state index in [-0.39, 0.29) is 27.1 Å². The third kappa shape index (κ3) is 5.27. The van der Waals surface area contributed by atoms with Crippen LogP contribution in [0.2, 0.25) is 5.02 Å². The molecule has 0 fully saturated rings. The molecule has 3 aromatic rings. The molecule has 0 aliphatic carbocycles. The first-order chi connectivity index (χ1) is 14.3. The Bertz CT molecular complexity index is 1150. The van der Waals surface area contributed by atoms with Crippen LogP contribution in [-0.4, -0.2) is 25.8 Å². The molecular weight excluding hydrogens is 447 g/mol. The molecule has 0 atom stereocenters. The van der Waals surface area contributed by atoms with Crippen molar-refractivity contribution in [2.75, 3.05) is 11.3 Å². The second kappa shape index (κ2) is 9.42. The lowest BCUT2D eigenvalue weighted by Gasteiger charge is -2.21. The van der Waals surface area contributed by atoms with Crippen molar-refractivity contribution >= 4 is 44.6 Å². The van der Waals surface area contributed by atoms with Gasteiger partial charge in [-0.2, -0.15) is 0 Å². The number of amides is 1. The summed E-state index contributed by atoms with van der Waals surface area (Å²) < 4.78 is 40.6. The quantitative estimate of drug-likeness (QED) is 0.468. The standard InChI is InChI=1S/C21H18ClFN2O3S2/c1-2-11-25(14-17-4-3-12-29-17)21(26)15-5-10-19(22)20(13-15)24-30(27,28)18-8-6-16(23)7-9-18/h2-10,12-13,24H,1,11,14H2. The van der Waals surface area contributed by atoms with E-state index in [0.29, 0.717) is 13.1 Å². The van der Waals surface area contributed by atoms with Crippen molar-refractivity contribution in [1.82, 2.24) is 4.90 Å². The van der Waals surface area contributed by atoms with Crippen LogP contribution < -0.4 is 4.72 Å². The fourth-order valence-corrected chi connectivity index (χ4v) is 4.71. The topological polar surface area (TPSA) is 66.5 Å². The molecule has 3 rings (SSSR count). The summed E-state index contributed by atoms with van der Waals surface area (Å²) in [5.41, 5.74) is 0.330. The van der Waals surface area contributed by atoms with Gasteiger partial charge in [-0.15, -0.1) is 17.9 Å². The zero-order valence-corrected chi connectivity index (χ0v) is 18.1. The average molecular weight is 465 g/mol. The normalized spacial score (nSPS) is 11.1. The molecule has 30 heavy (non-hydrogen) atoms. The number of carbonyl (C=O) groups is 1. The molecule has 1 aromatic heterocycles. The van der Waals surface area contributed by atoms with Crippen LogP contribution in [0.15, 0.2) is 77.5 Å². The van der Waals surface area contributed by atoms with Gasteiger partial charge in [0.05, 0.1) is 22.2 Å². The summed E-state index contributed by atoms with van der Waals surface area (Å²) in [5, 5.41) is 2.06. The highest BCUT2D eigenvalue weighted by Gasteiger charge is 2.20. The van der Waals surface area contributed by atoms with Crippen LogP contribution in [0, 0.1) is 5.82 Å². The first kappa shape index (κ1) is 22.0. The minimum Gasteiger partial charge on any atom is -0.330 e. The number of anilines is 1. The minimum absolute atomic E-state index is 0.0570. The number of nitrogens with zero attached hydrogens (tertiary/aromatic N) is 1. The lowest BCUT2D eigenvalue weighted by molar-refractivity contribution is 0.0764. The van der Waals surface area contributed by atoms with Crippen molar-refractivity contribution in [2.45, 2.75) is 11.4 Å². The average Bonchev–Trinajstić information content (AvgIpc) is 3.22. The highest BCUT2D eigenvalue weighted by molar-refractivity contribution is 7.92. The maximum absolute atomic E-state index is 13.1. The van der Waals surface area contributed by atoms with Gasteiger partial charge >= 0.3 is 0 Å². The van der Waals surface area contributed by atoms with Crippen molar-refractivity contribution in [3.8, 4) is 0 Å². The van der Waals surface area contributed by atoms with Crippen LogP contribution >= 0.6 is 22.9 Å². The number of nitrogens with one attached hydrogen (secondary N) is 1. The first-order valence-corrected chi connectivity index (χ1v) is 11.5. The molecule has 2 aromatic carbocycles. The fraction of sp³-hybridized carbons (Fsp3) is 0.0952. The molecule has 0 bridgehead atoms. The molecule has 156 valence electrons. The Labute approximate surface area is 183 Å². The number of thiophene rings is 1. The van der Waals surface area contributed by atoms with Gasteiger partial charge in [-0.25, -0.2) is 12.8 Å². The number of hydrogen-bond donors (Lipinski definition) is 1. The Kier molecular flexibility index (Phi) is 6.91. The molecule has 0 aliphatic rings. The van der Waals surface area contributed by atoms with E-state index in [1.165, 1.54) is 29.5 Å². The molecular formula is C21H18ClFN2O3S2. The summed E-state index contributed by atoms with van der Waals surface area (Å²) in [7, 11) is -4.01. The van der Waals surface area contributed by atoms with Crippen molar-refractivity contribution < 1.29 is 17.6 Å². The van der Waals surface area contributed by atoms with Crippen molar-refractivity contribution in [1.29, 1.82) is 0 Å². The number of rotatable bonds is 8. The van der Waals surface area contributed by atoms with Gasteiger partial charge in [0, 0.05) is 17.0 Å². The Balaban J connectivity index is 1.87. The third-order valence-electron chi connectivity index (χ3n) is 4.15. The molecule has 0 radical (unpaired) electrons. The van der Waals surface area contributed by atoms with Gasteiger partial charge in [0.1, 0.15) is 5.82 Å². The molecule has 0 spiro atoms. The number of benzene rings is 2. The van der Waals surface area contributed by atoms with E-state index in [1.807, 2.05) is 17.5 Å². The summed E-state index contributed by atoms with van der Waals surface area (Å²) in [6.45, 7) is 4.43. The Hall–Kier alpha value is -2.68. The summed E-state index contributed by atoms with van der Waals surface area (Å²) in [5.74, 6) is -0.838.